The van der Waals surface area contributed by atoms with Gasteiger partial charge in [0.25, 0.3) is 0 Å². The molecule has 3 nitrogen and oxygen atoms in total. The molecule has 0 fully saturated rings. The van der Waals surface area contributed by atoms with E-state index in [0.717, 1.165) is 12.0 Å². The van der Waals surface area contributed by atoms with Gasteiger partial charge in [0, 0.05) is 6.54 Å². The minimum Gasteiger partial charge on any atom is -0.330 e. The third-order valence-corrected chi connectivity index (χ3v) is 2.51. The largest absolute Gasteiger partial charge is 0.330 e. The van der Waals surface area contributed by atoms with E-state index in [2.05, 4.69) is 5.92 Å². The molecule has 1 aromatic carbocycles. The summed E-state index contributed by atoms with van der Waals surface area (Å²) in [6.45, 7) is 2.96. The smallest absolute Gasteiger partial charge is 0.244 e. The Kier molecular flexibility index (Phi) is 5.25. The van der Waals surface area contributed by atoms with Crippen LogP contribution >= 0.6 is 0 Å². The Morgan fingerprint density at radius 2 is 2.12 bits per heavy atom. The normalized spacial score (nSPS) is 11.6. The highest BCUT2D eigenvalue weighted by atomic mass is 16.2. The fourth-order valence-electron chi connectivity index (χ4n) is 1.65. The third-order valence-electron chi connectivity index (χ3n) is 2.51. The summed E-state index contributed by atoms with van der Waals surface area (Å²) < 4.78 is 0. The summed E-state index contributed by atoms with van der Waals surface area (Å²) in [6, 6.07) is 8.70. The maximum atomic E-state index is 12.1. The highest BCUT2D eigenvalue weighted by molar-refractivity contribution is 5.83. The van der Waals surface area contributed by atoms with Gasteiger partial charge < -0.3 is 10.6 Å². The van der Waals surface area contributed by atoms with E-state index in [1.807, 2.05) is 37.3 Å². The second-order valence-electron chi connectivity index (χ2n) is 3.85. The number of rotatable bonds is 5. The van der Waals surface area contributed by atoms with Crippen LogP contribution < -0.4 is 5.73 Å². The van der Waals surface area contributed by atoms with Crippen molar-refractivity contribution in [1.82, 2.24) is 4.90 Å². The van der Waals surface area contributed by atoms with Gasteiger partial charge in [-0.15, -0.1) is 6.42 Å². The van der Waals surface area contributed by atoms with Crippen molar-refractivity contribution >= 4 is 5.91 Å². The predicted octanol–water partition coefficient (Wildman–Crippen LogP) is 1.56. The van der Waals surface area contributed by atoms with Crippen molar-refractivity contribution in [3.63, 3.8) is 0 Å². The van der Waals surface area contributed by atoms with Crippen LogP contribution in [0, 0.1) is 12.3 Å². The highest BCUT2D eigenvalue weighted by Gasteiger charge is 2.20. The van der Waals surface area contributed by atoms with Gasteiger partial charge in [0.1, 0.15) is 6.04 Å². The molecule has 17 heavy (non-hydrogen) atoms. The number of benzene rings is 1. The van der Waals surface area contributed by atoms with Gasteiger partial charge in [-0.1, -0.05) is 43.2 Å². The Morgan fingerprint density at radius 1 is 1.47 bits per heavy atom. The minimum absolute atomic E-state index is 0.115. The zero-order valence-corrected chi connectivity index (χ0v) is 10.1. The number of carbonyl (C=O) groups is 1. The van der Waals surface area contributed by atoms with E-state index in [0.29, 0.717) is 13.1 Å². The average Bonchev–Trinajstić information content (AvgIpc) is 2.38. The number of hydrogen-bond acceptors (Lipinski definition) is 2. The number of nitrogens with two attached hydrogens (primary N) is 1. The molecule has 90 valence electrons. The summed E-state index contributed by atoms with van der Waals surface area (Å²) in [5.41, 5.74) is 6.76. The van der Waals surface area contributed by atoms with Crippen LogP contribution in [0.15, 0.2) is 30.3 Å². The zero-order chi connectivity index (χ0) is 12.7. The van der Waals surface area contributed by atoms with Crippen molar-refractivity contribution in [2.24, 2.45) is 5.73 Å². The first-order valence-corrected chi connectivity index (χ1v) is 5.73. The van der Waals surface area contributed by atoms with E-state index in [1.54, 1.807) is 4.90 Å². The van der Waals surface area contributed by atoms with E-state index >= 15 is 0 Å². The lowest BCUT2D eigenvalue weighted by atomic mass is 10.1. The molecule has 0 aliphatic rings. The summed E-state index contributed by atoms with van der Waals surface area (Å²) in [5, 5.41) is 0. The molecular formula is C14H18N2O. The number of nitrogens with zero attached hydrogens (tertiary/aromatic N) is 1. The van der Waals surface area contributed by atoms with Crippen LogP contribution in [0.5, 0.6) is 0 Å². The van der Waals surface area contributed by atoms with Gasteiger partial charge in [-0.25, -0.2) is 0 Å². The lowest BCUT2D eigenvalue weighted by Crippen LogP contribution is -2.39. The van der Waals surface area contributed by atoms with Crippen molar-refractivity contribution in [2.45, 2.75) is 19.4 Å². The zero-order valence-electron chi connectivity index (χ0n) is 10.1. The van der Waals surface area contributed by atoms with Crippen LogP contribution in [-0.4, -0.2) is 23.9 Å². The predicted molar refractivity (Wildman–Crippen MR) is 69.1 cm³/mol. The Labute approximate surface area is 103 Å². The monoisotopic (exact) mass is 230 g/mol. The molecule has 0 bridgehead atoms. The van der Waals surface area contributed by atoms with Gasteiger partial charge in [-0.2, -0.15) is 0 Å². The molecule has 0 saturated heterocycles. The number of hydrogen-bond donors (Lipinski definition) is 1. The van der Waals surface area contributed by atoms with Crippen molar-refractivity contribution in [3.8, 4) is 12.3 Å². The Morgan fingerprint density at radius 3 is 2.65 bits per heavy atom. The first-order chi connectivity index (χ1) is 8.20. The highest BCUT2D eigenvalue weighted by Crippen LogP contribution is 2.12. The van der Waals surface area contributed by atoms with Crippen LogP contribution in [0.1, 0.15) is 24.9 Å². The molecule has 0 aliphatic heterocycles. The Bertz CT molecular complexity index is 394. The Hall–Kier alpha value is -1.79. The van der Waals surface area contributed by atoms with E-state index in [-0.39, 0.29) is 5.91 Å². The lowest BCUT2D eigenvalue weighted by molar-refractivity contribution is -0.132. The van der Waals surface area contributed by atoms with E-state index < -0.39 is 6.04 Å². The minimum atomic E-state index is -0.629. The van der Waals surface area contributed by atoms with Crippen molar-refractivity contribution in [3.05, 3.63) is 35.9 Å². The second-order valence-corrected chi connectivity index (χ2v) is 3.85. The maximum absolute atomic E-state index is 12.1. The quantitative estimate of drug-likeness (QED) is 0.780. The van der Waals surface area contributed by atoms with Gasteiger partial charge >= 0.3 is 0 Å². The SMILES string of the molecule is C#CCN(CCC)C(=O)[C@H](N)c1ccccc1. The van der Waals surface area contributed by atoms with Crippen LogP contribution in [-0.2, 0) is 4.79 Å². The van der Waals surface area contributed by atoms with E-state index in [4.69, 9.17) is 12.2 Å². The van der Waals surface area contributed by atoms with Crippen LogP contribution in [0.3, 0.4) is 0 Å². The van der Waals surface area contributed by atoms with Crippen LogP contribution in [0.2, 0.25) is 0 Å². The second kappa shape index (κ2) is 6.72. The van der Waals surface area contributed by atoms with Crippen molar-refractivity contribution < 1.29 is 4.79 Å². The standard InChI is InChI=1S/C14H18N2O/c1-3-10-16(11-4-2)14(17)13(15)12-8-6-5-7-9-12/h1,5-9,13H,4,10-11,15H2,2H3/t13-/m1/s1. The summed E-state index contributed by atoms with van der Waals surface area (Å²) in [6.07, 6.45) is 6.12. The molecule has 1 atom stereocenters. The lowest BCUT2D eigenvalue weighted by Gasteiger charge is -2.23. The summed E-state index contributed by atoms with van der Waals surface area (Å²) in [7, 11) is 0. The molecule has 0 heterocycles. The molecule has 1 rings (SSSR count). The van der Waals surface area contributed by atoms with Gasteiger partial charge in [0.15, 0.2) is 0 Å². The first-order valence-electron chi connectivity index (χ1n) is 5.73. The third kappa shape index (κ3) is 3.61. The fourth-order valence-corrected chi connectivity index (χ4v) is 1.65. The van der Waals surface area contributed by atoms with E-state index in [1.165, 1.54) is 0 Å². The first kappa shape index (κ1) is 13.3. The maximum Gasteiger partial charge on any atom is 0.244 e. The molecule has 2 N–H and O–H groups in total. The summed E-state index contributed by atoms with van der Waals surface area (Å²) >= 11 is 0. The molecule has 0 aliphatic carbocycles. The average molecular weight is 230 g/mol. The molecule has 0 radical (unpaired) electrons. The molecule has 1 aromatic rings. The van der Waals surface area contributed by atoms with E-state index in [9.17, 15) is 4.79 Å². The molecule has 0 spiro atoms. The molecule has 0 aromatic heterocycles. The Balaban J connectivity index is 2.77. The van der Waals surface area contributed by atoms with Gasteiger partial charge in [-0.3, -0.25) is 4.79 Å². The number of carbonyl (C=O) groups excluding carboxylic acids is 1. The van der Waals surface area contributed by atoms with Crippen molar-refractivity contribution in [1.29, 1.82) is 0 Å². The summed E-state index contributed by atoms with van der Waals surface area (Å²) in [4.78, 5) is 13.8. The number of terminal acetylenes is 1. The van der Waals surface area contributed by atoms with Crippen LogP contribution in [0.4, 0.5) is 0 Å². The molecule has 3 heteroatoms. The van der Waals surface area contributed by atoms with Gasteiger partial charge in [0.2, 0.25) is 5.91 Å². The van der Waals surface area contributed by atoms with Crippen molar-refractivity contribution in [2.75, 3.05) is 13.1 Å². The van der Waals surface area contributed by atoms with Gasteiger partial charge in [0.05, 0.1) is 6.54 Å². The molecule has 0 saturated carbocycles. The summed E-state index contributed by atoms with van der Waals surface area (Å²) in [5.74, 6) is 2.37. The van der Waals surface area contributed by atoms with Crippen LogP contribution in [0.25, 0.3) is 0 Å². The number of amides is 1. The molecule has 0 unspecified atom stereocenters. The molecular weight excluding hydrogens is 212 g/mol. The molecule has 1 amide bonds. The topological polar surface area (TPSA) is 46.3 Å². The fraction of sp³-hybridized carbons (Fsp3) is 0.357. The van der Waals surface area contributed by atoms with Gasteiger partial charge in [-0.05, 0) is 12.0 Å².